The monoisotopic (exact) mass is 345 g/mol. The average Bonchev–Trinajstić information content (AvgIpc) is 2.83. The Bertz CT molecular complexity index is 584. The molecular formula is C12H9Cl2F4NS. The molecule has 0 unspecified atom stereocenters. The fourth-order valence-electron chi connectivity index (χ4n) is 1.73. The van der Waals surface area contributed by atoms with Gasteiger partial charge in [0, 0.05) is 10.4 Å². The van der Waals surface area contributed by atoms with Crippen molar-refractivity contribution in [3.8, 4) is 0 Å². The third kappa shape index (κ3) is 3.25. The predicted octanol–water partition coefficient (Wildman–Crippen LogP) is 5.03. The van der Waals surface area contributed by atoms with Gasteiger partial charge in [0.25, 0.3) is 0 Å². The predicted molar refractivity (Wildman–Crippen MR) is 74.0 cm³/mol. The Morgan fingerprint density at radius 2 is 1.85 bits per heavy atom. The molecule has 0 aliphatic heterocycles. The van der Waals surface area contributed by atoms with Gasteiger partial charge in [0.05, 0.1) is 16.6 Å². The van der Waals surface area contributed by atoms with Gasteiger partial charge in [0.2, 0.25) is 0 Å². The van der Waals surface area contributed by atoms with Crippen LogP contribution in [0.3, 0.4) is 0 Å². The largest absolute Gasteiger partial charge is 0.416 e. The van der Waals surface area contributed by atoms with E-state index >= 15 is 0 Å². The smallest absolute Gasteiger partial charge is 0.320 e. The molecular weight excluding hydrogens is 337 g/mol. The summed E-state index contributed by atoms with van der Waals surface area (Å²) in [6.07, 6.45) is -4.68. The van der Waals surface area contributed by atoms with Crippen LogP contribution in [0.15, 0.2) is 29.6 Å². The molecule has 1 atom stereocenters. The highest BCUT2D eigenvalue weighted by Crippen LogP contribution is 2.39. The molecule has 1 heterocycles. The highest BCUT2D eigenvalue weighted by molar-refractivity contribution is 7.10. The van der Waals surface area contributed by atoms with Gasteiger partial charge in [-0.25, -0.2) is 4.39 Å². The van der Waals surface area contributed by atoms with E-state index in [4.69, 9.17) is 17.3 Å². The number of halogens is 6. The van der Waals surface area contributed by atoms with E-state index in [1.807, 2.05) is 0 Å². The number of nitrogens with two attached hydrogens (primary N) is 1. The minimum Gasteiger partial charge on any atom is -0.320 e. The van der Waals surface area contributed by atoms with Gasteiger partial charge in [-0.2, -0.15) is 13.2 Å². The first-order valence-corrected chi connectivity index (χ1v) is 6.42. The molecule has 0 amide bonds. The van der Waals surface area contributed by atoms with Crippen LogP contribution in [0.4, 0.5) is 17.6 Å². The van der Waals surface area contributed by atoms with E-state index in [1.165, 1.54) is 0 Å². The highest BCUT2D eigenvalue weighted by Gasteiger charge is 2.37. The molecule has 0 fully saturated rings. The van der Waals surface area contributed by atoms with E-state index in [2.05, 4.69) is 0 Å². The number of benzene rings is 1. The number of alkyl halides is 3. The summed E-state index contributed by atoms with van der Waals surface area (Å²) in [6.45, 7) is 0. The minimum atomic E-state index is -4.68. The van der Waals surface area contributed by atoms with Crippen molar-refractivity contribution < 1.29 is 17.6 Å². The zero-order valence-corrected chi connectivity index (χ0v) is 12.1. The summed E-state index contributed by atoms with van der Waals surface area (Å²) in [4.78, 5) is 0.437. The Morgan fingerprint density at radius 1 is 1.20 bits per heavy atom. The van der Waals surface area contributed by atoms with Crippen molar-refractivity contribution in [1.29, 1.82) is 0 Å². The second-order valence-electron chi connectivity index (χ2n) is 3.81. The summed E-state index contributed by atoms with van der Waals surface area (Å²) in [7, 11) is 0. The molecule has 0 bridgehead atoms. The van der Waals surface area contributed by atoms with Gasteiger partial charge in [-0.15, -0.1) is 23.7 Å². The molecule has 2 rings (SSSR count). The van der Waals surface area contributed by atoms with Crippen molar-refractivity contribution >= 4 is 35.3 Å². The highest BCUT2D eigenvalue weighted by atomic mass is 35.5. The van der Waals surface area contributed by atoms with Crippen molar-refractivity contribution in [3.63, 3.8) is 0 Å². The standard InChI is InChI=1S/C12H8ClF4NS.ClH/c13-7-4-3-6(12(15,16)17)9(10(7)14)11(18)8-2-1-5-19-8;/h1-5,11H,18H2;1H/t11-;/m0./s1. The first kappa shape index (κ1) is 17.2. The fourth-order valence-corrected chi connectivity index (χ4v) is 2.63. The van der Waals surface area contributed by atoms with Gasteiger partial charge in [0.15, 0.2) is 0 Å². The molecule has 2 aromatic rings. The zero-order valence-electron chi connectivity index (χ0n) is 9.75. The number of thiophene rings is 1. The van der Waals surface area contributed by atoms with Gasteiger partial charge >= 0.3 is 6.18 Å². The maximum absolute atomic E-state index is 13.9. The molecule has 110 valence electrons. The van der Waals surface area contributed by atoms with Crippen molar-refractivity contribution in [1.82, 2.24) is 0 Å². The molecule has 20 heavy (non-hydrogen) atoms. The Labute approximate surface area is 127 Å². The minimum absolute atomic E-state index is 0. The van der Waals surface area contributed by atoms with Gasteiger partial charge in [-0.1, -0.05) is 17.7 Å². The topological polar surface area (TPSA) is 26.0 Å². The number of rotatable bonds is 2. The molecule has 0 radical (unpaired) electrons. The lowest BCUT2D eigenvalue weighted by Crippen LogP contribution is -2.19. The number of hydrogen-bond donors (Lipinski definition) is 1. The molecule has 0 saturated carbocycles. The van der Waals surface area contributed by atoms with Crippen molar-refractivity contribution in [2.45, 2.75) is 12.2 Å². The summed E-state index contributed by atoms with van der Waals surface area (Å²) in [6, 6.07) is 3.61. The second-order valence-corrected chi connectivity index (χ2v) is 5.20. The molecule has 1 aromatic carbocycles. The molecule has 0 saturated heterocycles. The van der Waals surface area contributed by atoms with Gasteiger partial charge in [-0.3, -0.25) is 0 Å². The Kier molecular flexibility index (Phi) is 5.43. The maximum Gasteiger partial charge on any atom is 0.416 e. The van der Waals surface area contributed by atoms with E-state index in [0.29, 0.717) is 4.88 Å². The summed E-state index contributed by atoms with van der Waals surface area (Å²) in [5, 5.41) is 1.28. The SMILES string of the molecule is Cl.N[C@@H](c1cccs1)c1c(C(F)(F)F)ccc(Cl)c1F. The summed E-state index contributed by atoms with van der Waals surface area (Å²) in [5.41, 5.74) is 4.02. The average molecular weight is 346 g/mol. The summed E-state index contributed by atoms with van der Waals surface area (Å²) < 4.78 is 52.6. The van der Waals surface area contributed by atoms with Gasteiger partial charge in [0.1, 0.15) is 5.82 Å². The van der Waals surface area contributed by atoms with Crippen LogP contribution in [0, 0.1) is 5.82 Å². The third-order valence-electron chi connectivity index (χ3n) is 2.60. The first-order valence-electron chi connectivity index (χ1n) is 5.16. The van der Waals surface area contributed by atoms with E-state index < -0.39 is 29.2 Å². The van der Waals surface area contributed by atoms with Gasteiger partial charge in [-0.05, 0) is 23.6 Å². The quantitative estimate of drug-likeness (QED) is 0.759. The van der Waals surface area contributed by atoms with Crippen LogP contribution in [-0.4, -0.2) is 0 Å². The van der Waals surface area contributed by atoms with E-state index in [-0.39, 0.29) is 17.4 Å². The van der Waals surface area contributed by atoms with E-state index in [1.54, 1.807) is 17.5 Å². The van der Waals surface area contributed by atoms with E-state index in [0.717, 1.165) is 23.5 Å². The molecule has 0 spiro atoms. The van der Waals surface area contributed by atoms with Crippen LogP contribution in [0.25, 0.3) is 0 Å². The van der Waals surface area contributed by atoms with Crippen LogP contribution >= 0.6 is 35.3 Å². The van der Waals surface area contributed by atoms with Crippen molar-refractivity contribution in [3.05, 3.63) is 56.5 Å². The normalized spacial score (nSPS) is 12.9. The van der Waals surface area contributed by atoms with Crippen LogP contribution in [0.2, 0.25) is 5.02 Å². The molecule has 1 nitrogen and oxygen atoms in total. The lowest BCUT2D eigenvalue weighted by atomic mass is 9.98. The Hall–Kier alpha value is -0.820. The van der Waals surface area contributed by atoms with Crippen LogP contribution < -0.4 is 5.73 Å². The van der Waals surface area contributed by atoms with Crippen LogP contribution in [0.1, 0.15) is 22.0 Å². The van der Waals surface area contributed by atoms with Gasteiger partial charge < -0.3 is 5.73 Å². The Balaban J connectivity index is 0.00000200. The maximum atomic E-state index is 13.9. The van der Waals surface area contributed by atoms with Crippen LogP contribution in [0.5, 0.6) is 0 Å². The van der Waals surface area contributed by atoms with Crippen molar-refractivity contribution in [2.75, 3.05) is 0 Å². The van der Waals surface area contributed by atoms with Crippen LogP contribution in [-0.2, 0) is 6.18 Å². The number of hydrogen-bond acceptors (Lipinski definition) is 2. The van der Waals surface area contributed by atoms with E-state index in [9.17, 15) is 17.6 Å². The second kappa shape index (κ2) is 6.30. The third-order valence-corrected chi connectivity index (χ3v) is 3.85. The lowest BCUT2D eigenvalue weighted by molar-refractivity contribution is -0.138. The Morgan fingerprint density at radius 3 is 2.35 bits per heavy atom. The fraction of sp³-hybridized carbons (Fsp3) is 0.167. The molecule has 8 heteroatoms. The first-order chi connectivity index (χ1) is 8.82. The molecule has 2 N–H and O–H groups in total. The molecule has 0 aliphatic rings. The van der Waals surface area contributed by atoms with Crippen molar-refractivity contribution in [2.24, 2.45) is 5.73 Å². The zero-order chi connectivity index (χ0) is 14.2. The molecule has 1 aromatic heterocycles. The molecule has 0 aliphatic carbocycles. The lowest BCUT2D eigenvalue weighted by Gasteiger charge is -2.18. The summed E-state index contributed by atoms with van der Waals surface area (Å²) in [5.74, 6) is -1.13. The summed E-state index contributed by atoms with van der Waals surface area (Å²) >= 11 is 6.70.